The molecule has 1 heterocycles. The summed E-state index contributed by atoms with van der Waals surface area (Å²) in [6.45, 7) is 3.33. The second-order valence-corrected chi connectivity index (χ2v) is 4.97. The number of nitrogens with zero attached hydrogens (tertiary/aromatic N) is 2. The number of aromatic nitrogens is 1. The average molecular weight is 236 g/mol. The Labute approximate surface area is 98.3 Å². The molecule has 0 saturated heterocycles. The average Bonchev–Trinajstić information content (AvgIpc) is 2.26. The molecular weight excluding hydrogens is 224 g/mol. The van der Waals surface area contributed by atoms with E-state index < -0.39 is 11.4 Å². The number of hydrogen-bond acceptors (Lipinski definition) is 4. The van der Waals surface area contributed by atoms with E-state index in [0.717, 1.165) is 0 Å². The number of pyridine rings is 1. The van der Waals surface area contributed by atoms with E-state index >= 15 is 0 Å². The van der Waals surface area contributed by atoms with Gasteiger partial charge in [-0.1, -0.05) is 0 Å². The normalized spacial score (nSPS) is 10.8. The molecule has 0 bridgehead atoms. The molecule has 0 atom stereocenters. The lowest BCUT2D eigenvalue weighted by Gasteiger charge is -2.17. The zero-order valence-electron chi connectivity index (χ0n) is 9.10. The van der Waals surface area contributed by atoms with Crippen LogP contribution >= 0.6 is 11.8 Å². The van der Waals surface area contributed by atoms with Gasteiger partial charge in [0.05, 0.1) is 22.1 Å². The maximum absolute atomic E-state index is 10.9. The lowest BCUT2D eigenvalue weighted by Crippen LogP contribution is -2.26. The van der Waals surface area contributed by atoms with Crippen molar-refractivity contribution in [3.63, 3.8) is 0 Å². The van der Waals surface area contributed by atoms with Crippen LogP contribution in [0, 0.1) is 16.7 Å². The van der Waals surface area contributed by atoms with Gasteiger partial charge in [-0.25, -0.2) is 4.98 Å². The second-order valence-electron chi connectivity index (χ2n) is 3.97. The van der Waals surface area contributed by atoms with Crippen LogP contribution in [0.5, 0.6) is 0 Å². The van der Waals surface area contributed by atoms with Crippen molar-refractivity contribution in [3.05, 3.63) is 23.9 Å². The van der Waals surface area contributed by atoms with E-state index in [0.29, 0.717) is 16.3 Å². The zero-order chi connectivity index (χ0) is 12.2. The minimum absolute atomic E-state index is 0.421. The fourth-order valence-electron chi connectivity index (χ4n) is 0.874. The summed E-state index contributed by atoms with van der Waals surface area (Å²) in [4.78, 5) is 14.9. The lowest BCUT2D eigenvalue weighted by molar-refractivity contribution is -0.145. The van der Waals surface area contributed by atoms with Crippen molar-refractivity contribution in [1.29, 1.82) is 5.26 Å². The van der Waals surface area contributed by atoms with Gasteiger partial charge >= 0.3 is 5.97 Å². The molecule has 0 aliphatic heterocycles. The molecule has 0 fully saturated rings. The Morgan fingerprint density at radius 2 is 2.38 bits per heavy atom. The van der Waals surface area contributed by atoms with Gasteiger partial charge in [-0.05, 0) is 26.0 Å². The number of carbonyl (C=O) groups is 1. The van der Waals surface area contributed by atoms with Gasteiger partial charge in [0.25, 0.3) is 0 Å². The van der Waals surface area contributed by atoms with Gasteiger partial charge in [0.2, 0.25) is 0 Å². The number of thioether (sulfide) groups is 1. The molecule has 0 amide bonds. The van der Waals surface area contributed by atoms with Crippen molar-refractivity contribution in [2.24, 2.45) is 5.41 Å². The minimum atomic E-state index is -0.837. The van der Waals surface area contributed by atoms with Crippen LogP contribution in [0.15, 0.2) is 23.4 Å². The highest BCUT2D eigenvalue weighted by Gasteiger charge is 2.27. The van der Waals surface area contributed by atoms with Crippen molar-refractivity contribution in [1.82, 2.24) is 4.98 Å². The first-order chi connectivity index (χ1) is 7.45. The van der Waals surface area contributed by atoms with Gasteiger partial charge in [0.1, 0.15) is 0 Å². The van der Waals surface area contributed by atoms with Crippen LogP contribution in [0.25, 0.3) is 0 Å². The third-order valence-corrected chi connectivity index (χ3v) is 3.41. The Kier molecular flexibility index (Phi) is 3.91. The summed E-state index contributed by atoms with van der Waals surface area (Å²) in [6, 6.07) is 5.29. The van der Waals surface area contributed by atoms with E-state index in [9.17, 15) is 4.79 Å². The summed E-state index contributed by atoms with van der Waals surface area (Å²) in [6.07, 6.45) is 1.55. The maximum Gasteiger partial charge on any atom is 0.309 e. The summed E-state index contributed by atoms with van der Waals surface area (Å²) in [7, 11) is 0. The van der Waals surface area contributed by atoms with Crippen LogP contribution in [0.1, 0.15) is 19.4 Å². The van der Waals surface area contributed by atoms with Crippen LogP contribution in [0.4, 0.5) is 0 Å². The van der Waals surface area contributed by atoms with E-state index in [-0.39, 0.29) is 0 Å². The molecule has 1 aromatic heterocycles. The van der Waals surface area contributed by atoms with Gasteiger partial charge in [0, 0.05) is 11.9 Å². The molecule has 16 heavy (non-hydrogen) atoms. The fourth-order valence-corrected chi connectivity index (χ4v) is 1.85. The van der Waals surface area contributed by atoms with Crippen LogP contribution in [-0.4, -0.2) is 21.8 Å². The monoisotopic (exact) mass is 236 g/mol. The molecule has 84 valence electrons. The van der Waals surface area contributed by atoms with Gasteiger partial charge in [-0.3, -0.25) is 4.79 Å². The van der Waals surface area contributed by atoms with E-state index in [1.54, 1.807) is 32.2 Å². The summed E-state index contributed by atoms with van der Waals surface area (Å²) < 4.78 is 0. The smallest absolute Gasteiger partial charge is 0.309 e. The summed E-state index contributed by atoms with van der Waals surface area (Å²) in [5.41, 5.74) is -0.264. The number of nitriles is 1. The molecule has 0 aromatic carbocycles. The number of carboxylic acids is 1. The molecule has 0 aliphatic rings. The summed E-state index contributed by atoms with van der Waals surface area (Å²) in [5, 5.41) is 18.3. The van der Waals surface area contributed by atoms with Gasteiger partial charge < -0.3 is 5.11 Å². The topological polar surface area (TPSA) is 74.0 Å². The molecule has 5 heteroatoms. The third-order valence-electron chi connectivity index (χ3n) is 2.02. The van der Waals surface area contributed by atoms with Crippen LogP contribution in [-0.2, 0) is 4.79 Å². The van der Waals surface area contributed by atoms with Gasteiger partial charge in [-0.2, -0.15) is 5.26 Å². The largest absolute Gasteiger partial charge is 0.481 e. The van der Waals surface area contributed by atoms with Gasteiger partial charge in [0.15, 0.2) is 0 Å². The number of hydrogen-bond donors (Lipinski definition) is 1. The molecule has 4 nitrogen and oxygen atoms in total. The highest BCUT2D eigenvalue weighted by atomic mass is 32.2. The van der Waals surface area contributed by atoms with Gasteiger partial charge in [-0.15, -0.1) is 11.8 Å². The summed E-state index contributed by atoms with van der Waals surface area (Å²) in [5.74, 6) is -0.416. The third kappa shape index (κ3) is 3.24. The highest BCUT2D eigenvalue weighted by molar-refractivity contribution is 7.99. The van der Waals surface area contributed by atoms with E-state index in [2.05, 4.69) is 4.98 Å². The Morgan fingerprint density at radius 1 is 1.69 bits per heavy atom. The Bertz CT molecular complexity index is 438. The molecule has 0 spiro atoms. The van der Waals surface area contributed by atoms with Crippen molar-refractivity contribution in [2.45, 2.75) is 18.9 Å². The Morgan fingerprint density at radius 3 is 2.94 bits per heavy atom. The molecular formula is C11H12N2O2S. The highest BCUT2D eigenvalue weighted by Crippen LogP contribution is 2.26. The maximum atomic E-state index is 10.9. The molecule has 1 aromatic rings. The van der Waals surface area contributed by atoms with E-state index in [1.807, 2.05) is 6.07 Å². The number of aliphatic carboxylic acids is 1. The standard InChI is InChI=1S/C11H12N2O2S/c1-11(2,10(14)15)7-16-9-5-8(6-12)3-4-13-9/h3-5H,7H2,1-2H3,(H,14,15). The SMILES string of the molecule is CC(C)(CSc1cc(C#N)ccn1)C(=O)O. The molecule has 1 N–H and O–H groups in total. The van der Waals surface area contributed by atoms with E-state index in [1.165, 1.54) is 11.8 Å². The summed E-state index contributed by atoms with van der Waals surface area (Å²) >= 11 is 1.34. The van der Waals surface area contributed by atoms with Crippen molar-refractivity contribution in [2.75, 3.05) is 5.75 Å². The number of carboxylic acid groups (broad SMARTS) is 1. The first-order valence-corrected chi connectivity index (χ1v) is 5.66. The molecule has 0 radical (unpaired) electrons. The van der Waals surface area contributed by atoms with Crippen molar-refractivity contribution >= 4 is 17.7 Å². The Balaban J connectivity index is 2.69. The van der Waals surface area contributed by atoms with Crippen molar-refractivity contribution in [3.8, 4) is 6.07 Å². The second kappa shape index (κ2) is 4.99. The molecule has 0 unspecified atom stereocenters. The predicted molar refractivity (Wildman–Crippen MR) is 61.1 cm³/mol. The minimum Gasteiger partial charge on any atom is -0.481 e. The molecule has 0 aliphatic carbocycles. The van der Waals surface area contributed by atoms with E-state index in [4.69, 9.17) is 10.4 Å². The zero-order valence-corrected chi connectivity index (χ0v) is 9.91. The quantitative estimate of drug-likeness (QED) is 0.811. The van der Waals surface area contributed by atoms with Crippen LogP contribution in [0.2, 0.25) is 0 Å². The van der Waals surface area contributed by atoms with Crippen LogP contribution < -0.4 is 0 Å². The Hall–Kier alpha value is -1.54. The van der Waals surface area contributed by atoms with Crippen LogP contribution in [0.3, 0.4) is 0 Å². The first kappa shape index (κ1) is 12.5. The predicted octanol–water partition coefficient (Wildman–Crippen LogP) is 2.16. The first-order valence-electron chi connectivity index (χ1n) is 4.68. The van der Waals surface area contributed by atoms with Crippen molar-refractivity contribution < 1.29 is 9.90 Å². The molecule has 1 rings (SSSR count). The fraction of sp³-hybridized carbons (Fsp3) is 0.364. The lowest BCUT2D eigenvalue weighted by atomic mass is 9.97. The molecule has 0 saturated carbocycles. The number of rotatable bonds is 4.